The van der Waals surface area contributed by atoms with Crippen molar-refractivity contribution in [2.24, 2.45) is 0 Å². The van der Waals surface area contributed by atoms with E-state index in [1.54, 1.807) is 13.2 Å². The van der Waals surface area contributed by atoms with Crippen LogP contribution in [0.5, 0.6) is 5.75 Å². The number of aromatic nitrogens is 1. The van der Waals surface area contributed by atoms with Crippen LogP contribution in [-0.2, 0) is 13.0 Å². The Labute approximate surface area is 173 Å². The molecule has 0 bridgehead atoms. The number of ether oxygens (including phenoxy) is 1. The highest BCUT2D eigenvalue weighted by atomic mass is 19.2. The fraction of sp³-hybridized carbons (Fsp3) is 0.348. The summed E-state index contributed by atoms with van der Waals surface area (Å²) in [5.41, 5.74) is 1.42. The monoisotopic (exact) mass is 414 g/mol. The second-order valence-corrected chi connectivity index (χ2v) is 7.84. The molecule has 1 saturated heterocycles. The second kappa shape index (κ2) is 8.53. The van der Waals surface area contributed by atoms with Gasteiger partial charge >= 0.3 is 0 Å². The number of benzene rings is 2. The van der Waals surface area contributed by atoms with E-state index in [0.717, 1.165) is 22.9 Å². The summed E-state index contributed by atoms with van der Waals surface area (Å²) in [6.45, 7) is 1.84. The van der Waals surface area contributed by atoms with Crippen LogP contribution in [0.1, 0.15) is 24.2 Å². The van der Waals surface area contributed by atoms with E-state index in [1.165, 1.54) is 6.07 Å². The molecule has 0 saturated carbocycles. The minimum absolute atomic E-state index is 0.378. The summed E-state index contributed by atoms with van der Waals surface area (Å²) in [5.74, 6) is -0.307. The molecule has 0 amide bonds. The number of halogens is 2. The van der Waals surface area contributed by atoms with Crippen molar-refractivity contribution in [2.75, 3.05) is 20.2 Å². The summed E-state index contributed by atoms with van der Waals surface area (Å²) in [7, 11) is 1.61. The van der Waals surface area contributed by atoms with Gasteiger partial charge in [-0.05, 0) is 42.7 Å². The summed E-state index contributed by atoms with van der Waals surface area (Å²) in [5, 5.41) is 15.1. The molecular formula is C23H24F2N2O3. The molecule has 2 aromatic carbocycles. The van der Waals surface area contributed by atoms with Gasteiger partial charge in [0.1, 0.15) is 17.2 Å². The van der Waals surface area contributed by atoms with Crippen molar-refractivity contribution in [1.29, 1.82) is 0 Å². The highest BCUT2D eigenvalue weighted by Crippen LogP contribution is 2.30. The Hall–Kier alpha value is -2.77. The van der Waals surface area contributed by atoms with Crippen molar-refractivity contribution in [1.82, 2.24) is 10.1 Å². The van der Waals surface area contributed by atoms with Crippen LogP contribution in [0.2, 0.25) is 0 Å². The van der Waals surface area contributed by atoms with Crippen LogP contribution < -0.4 is 4.74 Å². The molecule has 0 atom stereocenters. The molecule has 1 aliphatic rings. The number of hydrogen-bond donors (Lipinski definition) is 1. The van der Waals surface area contributed by atoms with E-state index in [4.69, 9.17) is 9.26 Å². The van der Waals surface area contributed by atoms with Crippen LogP contribution in [0.15, 0.2) is 53.1 Å². The SMILES string of the molecule is COc1cccc(-c2cc(CC3(O)CCN(Cc4ccc(F)c(F)c4)CC3)on2)c1. The number of piperidine rings is 1. The van der Waals surface area contributed by atoms with Crippen LogP contribution in [0, 0.1) is 11.6 Å². The molecule has 3 aromatic rings. The highest BCUT2D eigenvalue weighted by molar-refractivity contribution is 5.60. The lowest BCUT2D eigenvalue weighted by Gasteiger charge is -2.37. The molecule has 4 rings (SSSR count). The Morgan fingerprint density at radius 2 is 1.90 bits per heavy atom. The molecule has 1 aliphatic heterocycles. The molecule has 0 spiro atoms. The summed E-state index contributed by atoms with van der Waals surface area (Å²) in [6.07, 6.45) is 1.50. The first kappa shape index (κ1) is 20.5. The minimum atomic E-state index is -0.879. The maximum atomic E-state index is 13.4. The predicted octanol–water partition coefficient (Wildman–Crippen LogP) is 4.20. The standard InChI is InChI=1S/C23H24F2N2O3/c1-29-18-4-2-3-17(12-18)22-13-19(30-26-22)14-23(28)7-9-27(10-8-23)15-16-5-6-20(24)21(25)11-16/h2-6,11-13,28H,7-10,14-15H2,1H3. The normalized spacial score (nSPS) is 16.5. The van der Waals surface area contributed by atoms with Crippen LogP contribution in [0.3, 0.4) is 0 Å². The zero-order valence-corrected chi connectivity index (χ0v) is 16.8. The molecule has 30 heavy (non-hydrogen) atoms. The highest BCUT2D eigenvalue weighted by Gasteiger charge is 2.34. The van der Waals surface area contributed by atoms with Crippen molar-refractivity contribution >= 4 is 0 Å². The van der Waals surface area contributed by atoms with Gasteiger partial charge in [-0.3, -0.25) is 4.90 Å². The van der Waals surface area contributed by atoms with Crippen LogP contribution >= 0.6 is 0 Å². The van der Waals surface area contributed by atoms with Gasteiger partial charge in [-0.1, -0.05) is 23.4 Å². The van der Waals surface area contributed by atoms with E-state index in [2.05, 4.69) is 10.1 Å². The number of hydrogen-bond acceptors (Lipinski definition) is 5. The molecule has 2 heterocycles. The molecule has 158 valence electrons. The molecular weight excluding hydrogens is 390 g/mol. The zero-order chi connectivity index (χ0) is 21.1. The Balaban J connectivity index is 1.35. The quantitative estimate of drug-likeness (QED) is 0.655. The Morgan fingerprint density at radius 1 is 1.10 bits per heavy atom. The maximum absolute atomic E-state index is 13.4. The Kier molecular flexibility index (Phi) is 5.83. The minimum Gasteiger partial charge on any atom is -0.497 e. The number of aliphatic hydroxyl groups is 1. The molecule has 1 aromatic heterocycles. The van der Waals surface area contributed by atoms with Gasteiger partial charge < -0.3 is 14.4 Å². The zero-order valence-electron chi connectivity index (χ0n) is 16.8. The van der Waals surface area contributed by atoms with Gasteiger partial charge in [-0.2, -0.15) is 0 Å². The molecule has 0 aliphatic carbocycles. The van der Waals surface area contributed by atoms with E-state index < -0.39 is 17.2 Å². The molecule has 1 fully saturated rings. The van der Waals surface area contributed by atoms with E-state index in [0.29, 0.717) is 50.4 Å². The van der Waals surface area contributed by atoms with Crippen molar-refractivity contribution in [3.63, 3.8) is 0 Å². The topological polar surface area (TPSA) is 58.7 Å². The third-order valence-electron chi connectivity index (χ3n) is 5.60. The van der Waals surface area contributed by atoms with Crippen molar-refractivity contribution in [3.8, 4) is 17.0 Å². The van der Waals surface area contributed by atoms with Gasteiger partial charge in [-0.15, -0.1) is 0 Å². The predicted molar refractivity (Wildman–Crippen MR) is 108 cm³/mol. The Bertz CT molecular complexity index is 1010. The van der Waals surface area contributed by atoms with E-state index in [-0.39, 0.29) is 0 Å². The van der Waals surface area contributed by atoms with Gasteiger partial charge in [0.15, 0.2) is 11.6 Å². The average molecular weight is 414 g/mol. The van der Waals surface area contributed by atoms with Crippen LogP contribution in [0.4, 0.5) is 8.78 Å². The number of rotatable bonds is 6. The second-order valence-electron chi connectivity index (χ2n) is 7.84. The molecule has 0 radical (unpaired) electrons. The lowest BCUT2D eigenvalue weighted by atomic mass is 9.87. The molecule has 7 heteroatoms. The summed E-state index contributed by atoms with van der Waals surface area (Å²) >= 11 is 0. The fourth-order valence-corrected chi connectivity index (χ4v) is 3.84. The fourth-order valence-electron chi connectivity index (χ4n) is 3.84. The lowest BCUT2D eigenvalue weighted by Crippen LogP contribution is -2.45. The van der Waals surface area contributed by atoms with Crippen molar-refractivity contribution < 1.29 is 23.1 Å². The summed E-state index contributed by atoms with van der Waals surface area (Å²) in [4.78, 5) is 2.13. The van der Waals surface area contributed by atoms with Gasteiger partial charge in [0, 0.05) is 37.7 Å². The average Bonchev–Trinajstić information content (AvgIpc) is 3.21. The van der Waals surface area contributed by atoms with Gasteiger partial charge in [-0.25, -0.2) is 8.78 Å². The smallest absolute Gasteiger partial charge is 0.159 e. The largest absolute Gasteiger partial charge is 0.497 e. The lowest BCUT2D eigenvalue weighted by molar-refractivity contribution is -0.0265. The van der Waals surface area contributed by atoms with Gasteiger partial charge in [0.05, 0.1) is 12.7 Å². The first-order chi connectivity index (χ1) is 14.4. The van der Waals surface area contributed by atoms with E-state index in [9.17, 15) is 13.9 Å². The number of nitrogens with zero attached hydrogens (tertiary/aromatic N) is 2. The first-order valence-corrected chi connectivity index (χ1v) is 9.93. The van der Waals surface area contributed by atoms with Crippen LogP contribution in [-0.4, -0.2) is 41.0 Å². The summed E-state index contributed by atoms with van der Waals surface area (Å²) < 4.78 is 37.2. The number of likely N-dealkylation sites (tertiary alicyclic amines) is 1. The maximum Gasteiger partial charge on any atom is 0.159 e. The number of methoxy groups -OCH3 is 1. The van der Waals surface area contributed by atoms with Crippen LogP contribution in [0.25, 0.3) is 11.3 Å². The van der Waals surface area contributed by atoms with E-state index >= 15 is 0 Å². The molecule has 0 unspecified atom stereocenters. The van der Waals surface area contributed by atoms with Crippen molar-refractivity contribution in [3.05, 3.63) is 71.5 Å². The molecule has 5 nitrogen and oxygen atoms in total. The Morgan fingerprint density at radius 3 is 2.63 bits per heavy atom. The molecule has 1 N–H and O–H groups in total. The third kappa shape index (κ3) is 4.68. The summed E-state index contributed by atoms with van der Waals surface area (Å²) in [6, 6.07) is 13.4. The van der Waals surface area contributed by atoms with Gasteiger partial charge in [0.2, 0.25) is 0 Å². The third-order valence-corrected chi connectivity index (χ3v) is 5.60. The first-order valence-electron chi connectivity index (χ1n) is 9.93. The van der Waals surface area contributed by atoms with Gasteiger partial charge in [0.25, 0.3) is 0 Å². The van der Waals surface area contributed by atoms with E-state index in [1.807, 2.05) is 30.3 Å². The van der Waals surface area contributed by atoms with Crippen molar-refractivity contribution in [2.45, 2.75) is 31.4 Å².